The average Bonchev–Trinajstić information content (AvgIpc) is 3.07. The molecule has 2 amide bonds. The van der Waals surface area contributed by atoms with Gasteiger partial charge < -0.3 is 30.2 Å². The molecular formula is C37H46F2N4O5. The van der Waals surface area contributed by atoms with Crippen LogP contribution in [0, 0.1) is 11.6 Å². The molecule has 0 radical (unpaired) electrons. The molecule has 0 aliphatic heterocycles. The summed E-state index contributed by atoms with van der Waals surface area (Å²) in [5, 5.41) is 21.4. The van der Waals surface area contributed by atoms with Crippen molar-refractivity contribution >= 4 is 17.5 Å². The first-order valence-electron chi connectivity index (χ1n) is 16.1. The first-order chi connectivity index (χ1) is 23.1. The van der Waals surface area contributed by atoms with Crippen molar-refractivity contribution in [3.8, 4) is 5.75 Å². The van der Waals surface area contributed by atoms with Gasteiger partial charge in [-0.1, -0.05) is 43.8 Å². The van der Waals surface area contributed by atoms with Crippen molar-refractivity contribution in [2.45, 2.75) is 58.7 Å². The third kappa shape index (κ3) is 11.6. The molecule has 48 heavy (non-hydrogen) atoms. The van der Waals surface area contributed by atoms with Gasteiger partial charge in [0.1, 0.15) is 24.0 Å². The summed E-state index contributed by atoms with van der Waals surface area (Å²) in [4.78, 5) is 34.5. The molecule has 0 saturated heterocycles. The molecule has 0 fully saturated rings. The number of benzene rings is 3. The summed E-state index contributed by atoms with van der Waals surface area (Å²) in [5.74, 6) is -1.67. The summed E-state index contributed by atoms with van der Waals surface area (Å²) in [6.07, 6.45) is 1.85. The first-order valence-corrected chi connectivity index (χ1v) is 16.1. The zero-order chi connectivity index (χ0) is 35.1. The number of methoxy groups -OCH3 is 1. The van der Waals surface area contributed by atoms with Crippen LogP contribution in [-0.4, -0.2) is 73.0 Å². The number of halogens is 2. The maximum atomic E-state index is 14.1. The van der Waals surface area contributed by atoms with E-state index in [4.69, 9.17) is 9.57 Å². The highest BCUT2D eigenvalue weighted by Crippen LogP contribution is 2.18. The van der Waals surface area contributed by atoms with E-state index in [0.717, 1.165) is 36.6 Å². The van der Waals surface area contributed by atoms with Gasteiger partial charge in [-0.05, 0) is 79.8 Å². The number of nitrogens with zero attached hydrogens (tertiary/aromatic N) is 2. The number of aliphatic hydroxyl groups excluding tert-OH is 1. The van der Waals surface area contributed by atoms with Gasteiger partial charge in [-0.2, -0.15) is 0 Å². The summed E-state index contributed by atoms with van der Waals surface area (Å²) >= 11 is 0. The molecule has 9 nitrogen and oxygen atoms in total. The molecule has 2 atom stereocenters. The van der Waals surface area contributed by atoms with Crippen molar-refractivity contribution in [2.75, 3.05) is 33.4 Å². The van der Waals surface area contributed by atoms with Gasteiger partial charge in [0.25, 0.3) is 11.8 Å². The van der Waals surface area contributed by atoms with E-state index in [0.29, 0.717) is 42.2 Å². The molecule has 0 aliphatic rings. The van der Waals surface area contributed by atoms with Gasteiger partial charge in [-0.15, -0.1) is 0 Å². The molecule has 0 bridgehead atoms. The maximum Gasteiger partial charge on any atom is 0.253 e. The second-order valence-corrected chi connectivity index (χ2v) is 11.5. The van der Waals surface area contributed by atoms with Crippen molar-refractivity contribution in [1.82, 2.24) is 15.5 Å². The molecule has 3 aromatic rings. The van der Waals surface area contributed by atoms with Crippen LogP contribution < -0.4 is 15.4 Å². The number of ether oxygens (including phenoxy) is 1. The van der Waals surface area contributed by atoms with Crippen LogP contribution in [0.25, 0.3) is 0 Å². The topological polar surface area (TPSA) is 112 Å². The van der Waals surface area contributed by atoms with Crippen LogP contribution in [-0.2, 0) is 17.8 Å². The Bertz CT molecular complexity index is 1540. The van der Waals surface area contributed by atoms with Crippen LogP contribution in [0.4, 0.5) is 8.78 Å². The molecule has 0 spiro atoms. The second kappa shape index (κ2) is 19.3. The number of oxime groups is 1. The third-order valence-corrected chi connectivity index (χ3v) is 7.50. The van der Waals surface area contributed by atoms with E-state index >= 15 is 0 Å². The van der Waals surface area contributed by atoms with Crippen LogP contribution in [0.5, 0.6) is 5.75 Å². The zero-order valence-electron chi connectivity index (χ0n) is 28.1. The summed E-state index contributed by atoms with van der Waals surface area (Å²) in [5.41, 5.74) is 2.54. The fourth-order valence-electron chi connectivity index (χ4n) is 5.17. The Morgan fingerprint density at radius 3 is 2.29 bits per heavy atom. The number of hydrogen-bond donors (Lipinski definition) is 3. The Hall–Kier alpha value is -4.61. The molecule has 3 rings (SSSR count). The molecular weight excluding hydrogens is 618 g/mol. The fourth-order valence-corrected chi connectivity index (χ4v) is 5.17. The largest absolute Gasteiger partial charge is 0.497 e. The van der Waals surface area contributed by atoms with Gasteiger partial charge >= 0.3 is 0 Å². The van der Waals surface area contributed by atoms with Crippen molar-refractivity contribution in [2.24, 2.45) is 5.16 Å². The molecule has 11 heteroatoms. The smallest absolute Gasteiger partial charge is 0.253 e. The third-order valence-electron chi connectivity index (χ3n) is 7.50. The molecule has 0 aromatic heterocycles. The van der Waals surface area contributed by atoms with E-state index in [1.807, 2.05) is 38.1 Å². The zero-order valence-corrected chi connectivity index (χ0v) is 28.1. The van der Waals surface area contributed by atoms with Crippen molar-refractivity contribution in [3.63, 3.8) is 0 Å². The summed E-state index contributed by atoms with van der Waals surface area (Å²) in [6, 6.07) is 14.3. The minimum atomic E-state index is -1.16. The monoisotopic (exact) mass is 664 g/mol. The molecule has 0 unspecified atom stereocenters. The predicted octanol–water partition coefficient (Wildman–Crippen LogP) is 5.65. The van der Waals surface area contributed by atoms with Crippen LogP contribution >= 0.6 is 0 Å². The number of nitrogens with one attached hydrogen (secondary N) is 2. The molecule has 258 valence electrons. The number of carbonyl (C=O) groups excluding carboxylic acids is 2. The number of carbonyl (C=O) groups is 2. The lowest BCUT2D eigenvalue weighted by Crippen LogP contribution is -2.48. The maximum absolute atomic E-state index is 14.1. The standard InChI is InChI=1S/C37H46F2N4O5/c1-6-12-43(13-7-2)37(46)30-20-28(25(4)42-48-14-8-3)19-29(21-30)36(45)41-34(18-27-15-31(38)22-32(39)16-27)35(44)24-40-23-26-10-9-11-33(17-26)47-5/h8-11,15-17,19-22,34-35,40,44H,3,6-7,12-14,18,23-24H2,1-2,4-5H3,(H,41,45)/b42-25-/t34-,35+/m0/s1. The molecule has 0 heterocycles. The van der Waals surface area contributed by atoms with Crippen molar-refractivity contribution in [3.05, 3.63) is 113 Å². The normalized spacial score (nSPS) is 12.6. The highest BCUT2D eigenvalue weighted by molar-refractivity contribution is 6.06. The van der Waals surface area contributed by atoms with Gasteiger partial charge in [0.2, 0.25) is 0 Å². The summed E-state index contributed by atoms with van der Waals surface area (Å²) < 4.78 is 33.5. The van der Waals surface area contributed by atoms with Crippen molar-refractivity contribution in [1.29, 1.82) is 0 Å². The van der Waals surface area contributed by atoms with E-state index in [1.165, 1.54) is 6.07 Å². The lowest BCUT2D eigenvalue weighted by Gasteiger charge is -2.26. The minimum Gasteiger partial charge on any atom is -0.497 e. The Morgan fingerprint density at radius 2 is 1.65 bits per heavy atom. The van der Waals surface area contributed by atoms with Crippen molar-refractivity contribution < 1.29 is 33.1 Å². The van der Waals surface area contributed by atoms with Crippen LogP contribution in [0.3, 0.4) is 0 Å². The minimum absolute atomic E-state index is 0.0547. The number of amides is 2. The Morgan fingerprint density at radius 1 is 0.979 bits per heavy atom. The lowest BCUT2D eigenvalue weighted by molar-refractivity contribution is 0.0755. The van der Waals surface area contributed by atoms with Crippen LogP contribution in [0.15, 0.2) is 78.5 Å². The number of rotatable bonds is 19. The fraction of sp³-hybridized carbons (Fsp3) is 0.378. The highest BCUT2D eigenvalue weighted by atomic mass is 19.1. The van der Waals surface area contributed by atoms with E-state index in [1.54, 1.807) is 37.1 Å². The van der Waals surface area contributed by atoms with E-state index in [-0.39, 0.29) is 36.6 Å². The van der Waals surface area contributed by atoms with E-state index < -0.39 is 29.7 Å². The van der Waals surface area contributed by atoms with E-state index in [9.17, 15) is 23.5 Å². The highest BCUT2D eigenvalue weighted by Gasteiger charge is 2.25. The summed E-state index contributed by atoms with van der Waals surface area (Å²) in [7, 11) is 1.57. The van der Waals surface area contributed by atoms with Gasteiger partial charge in [0.05, 0.1) is 25.0 Å². The summed E-state index contributed by atoms with van der Waals surface area (Å²) in [6.45, 7) is 11.0. The Balaban J connectivity index is 1.94. The first kappa shape index (κ1) is 37.8. The van der Waals surface area contributed by atoms with E-state index in [2.05, 4.69) is 22.4 Å². The molecule has 3 aromatic carbocycles. The number of aliphatic hydroxyl groups is 1. The molecule has 0 saturated carbocycles. The number of hydrogen-bond acceptors (Lipinski definition) is 7. The van der Waals surface area contributed by atoms with Crippen LogP contribution in [0.1, 0.15) is 71.0 Å². The predicted molar refractivity (Wildman–Crippen MR) is 183 cm³/mol. The van der Waals surface area contributed by atoms with Crippen LogP contribution in [0.2, 0.25) is 0 Å². The van der Waals surface area contributed by atoms with Gasteiger partial charge in [-0.3, -0.25) is 9.59 Å². The second-order valence-electron chi connectivity index (χ2n) is 11.5. The van der Waals surface area contributed by atoms with Gasteiger partial charge in [0, 0.05) is 48.9 Å². The Labute approximate surface area is 281 Å². The lowest BCUT2D eigenvalue weighted by atomic mass is 9.98. The average molecular weight is 665 g/mol. The SMILES string of the molecule is C=CCO/N=C(/C)c1cc(C(=O)N[C@@H](Cc2cc(F)cc(F)c2)[C@H](O)CNCc2cccc(OC)c2)cc(C(=O)N(CCC)CCC)c1. The molecule has 3 N–H and O–H groups in total. The van der Waals surface area contributed by atoms with Gasteiger partial charge in [-0.25, -0.2) is 8.78 Å². The van der Waals surface area contributed by atoms with Gasteiger partial charge in [0.15, 0.2) is 0 Å². The quantitative estimate of drug-likeness (QED) is 0.0661. The molecule has 0 aliphatic carbocycles. The Kier molecular flexibility index (Phi) is 15.2.